The second kappa shape index (κ2) is 8.99. The molecule has 8 heteroatoms. The van der Waals surface area contributed by atoms with Gasteiger partial charge in [-0.25, -0.2) is 4.98 Å². The molecule has 2 heterocycles. The number of hydrogen-bond donors (Lipinski definition) is 0. The maximum atomic E-state index is 12.5. The van der Waals surface area contributed by atoms with E-state index in [4.69, 9.17) is 16.3 Å². The first-order chi connectivity index (χ1) is 14.9. The number of esters is 1. The van der Waals surface area contributed by atoms with Crippen LogP contribution in [0.25, 0.3) is 11.3 Å². The Bertz CT molecular complexity index is 1130. The topological polar surface area (TPSA) is 76.6 Å². The highest BCUT2D eigenvalue weighted by Gasteiger charge is 2.37. The zero-order valence-corrected chi connectivity index (χ0v) is 18.3. The molecule has 1 aliphatic heterocycles. The van der Waals surface area contributed by atoms with Gasteiger partial charge in [-0.3, -0.25) is 19.3 Å². The van der Waals surface area contributed by atoms with Crippen LogP contribution in [0, 0.1) is 12.8 Å². The van der Waals surface area contributed by atoms with Gasteiger partial charge in [0, 0.05) is 34.5 Å². The lowest BCUT2D eigenvalue weighted by atomic mass is 10.1. The number of Topliss-reactive ketones (excluding diaryl/α,β-unsaturated/α-hetero) is 1. The van der Waals surface area contributed by atoms with Crippen molar-refractivity contribution in [1.82, 2.24) is 4.98 Å². The van der Waals surface area contributed by atoms with Crippen LogP contribution < -0.4 is 4.90 Å². The van der Waals surface area contributed by atoms with Gasteiger partial charge in [-0.15, -0.1) is 11.3 Å². The van der Waals surface area contributed by atoms with E-state index in [1.54, 1.807) is 24.3 Å². The highest BCUT2D eigenvalue weighted by atomic mass is 35.5. The number of carbonyl (C=O) groups excluding carboxylic acids is 3. The number of halogens is 1. The van der Waals surface area contributed by atoms with Crippen LogP contribution in [0.4, 0.5) is 5.13 Å². The van der Waals surface area contributed by atoms with E-state index in [-0.39, 0.29) is 31.3 Å². The summed E-state index contributed by atoms with van der Waals surface area (Å²) in [5.41, 5.74) is 3.16. The summed E-state index contributed by atoms with van der Waals surface area (Å²) in [5.74, 6) is -1.64. The Morgan fingerprint density at radius 3 is 2.58 bits per heavy atom. The Kier molecular flexibility index (Phi) is 6.15. The Morgan fingerprint density at radius 2 is 1.87 bits per heavy atom. The molecule has 158 valence electrons. The first kappa shape index (κ1) is 21.2. The normalized spacial score (nSPS) is 15.9. The molecule has 0 aliphatic carbocycles. The molecule has 6 nitrogen and oxygen atoms in total. The number of anilines is 1. The van der Waals surface area contributed by atoms with Gasteiger partial charge in [-0.2, -0.15) is 0 Å². The molecule has 0 saturated carbocycles. The summed E-state index contributed by atoms with van der Waals surface area (Å²) in [5, 5.41) is 3.02. The standard InChI is InChI=1S/C23H19ClN2O4S/c1-14-2-4-16(5-3-14)20(27)12-30-22(29)17-10-21(28)26(11-17)23-25-19(13-31-23)15-6-8-18(24)9-7-15/h2-9,13,17H,10-12H2,1H3/t17-/m1/s1. The molecule has 2 aromatic carbocycles. The molecule has 0 spiro atoms. The lowest BCUT2D eigenvalue weighted by Gasteiger charge is -2.12. The molecular weight excluding hydrogens is 436 g/mol. The minimum atomic E-state index is -0.624. The minimum Gasteiger partial charge on any atom is -0.457 e. The van der Waals surface area contributed by atoms with E-state index in [0.29, 0.717) is 15.7 Å². The third-order valence-corrected chi connectivity index (χ3v) is 6.16. The Balaban J connectivity index is 1.36. The van der Waals surface area contributed by atoms with E-state index in [9.17, 15) is 14.4 Å². The number of benzene rings is 2. The van der Waals surface area contributed by atoms with Crippen LogP contribution in [0.1, 0.15) is 22.3 Å². The number of rotatable bonds is 6. The number of ketones is 1. The minimum absolute atomic E-state index is 0.0351. The van der Waals surface area contributed by atoms with Crippen molar-refractivity contribution in [2.45, 2.75) is 13.3 Å². The maximum absolute atomic E-state index is 12.5. The Hall–Kier alpha value is -3.03. The SMILES string of the molecule is Cc1ccc(C(=O)COC(=O)[C@@H]2CC(=O)N(c3nc(-c4ccc(Cl)cc4)cs3)C2)cc1. The second-order valence-electron chi connectivity index (χ2n) is 7.32. The van der Waals surface area contributed by atoms with Crippen molar-refractivity contribution in [3.05, 3.63) is 70.1 Å². The van der Waals surface area contributed by atoms with Crippen molar-refractivity contribution in [3.63, 3.8) is 0 Å². The third-order valence-electron chi connectivity index (χ3n) is 5.04. The molecule has 0 N–H and O–H groups in total. The van der Waals surface area contributed by atoms with E-state index >= 15 is 0 Å². The van der Waals surface area contributed by atoms with Crippen LogP contribution in [0.15, 0.2) is 53.9 Å². The molecule has 0 radical (unpaired) electrons. The van der Waals surface area contributed by atoms with Gasteiger partial charge in [0.05, 0.1) is 11.6 Å². The molecule has 1 aliphatic rings. The summed E-state index contributed by atoms with van der Waals surface area (Å²) < 4.78 is 5.19. The average molecular weight is 455 g/mol. The fourth-order valence-corrected chi connectivity index (χ4v) is 4.26. The first-order valence-corrected chi connectivity index (χ1v) is 10.9. The van der Waals surface area contributed by atoms with Crippen molar-refractivity contribution in [3.8, 4) is 11.3 Å². The molecule has 0 bridgehead atoms. The largest absolute Gasteiger partial charge is 0.457 e. The summed E-state index contributed by atoms with van der Waals surface area (Å²) in [6.45, 7) is 1.77. The van der Waals surface area contributed by atoms with Gasteiger partial charge in [0.25, 0.3) is 0 Å². The lowest BCUT2D eigenvalue weighted by molar-refractivity contribution is -0.147. The number of nitrogens with zero attached hydrogens (tertiary/aromatic N) is 2. The fraction of sp³-hybridized carbons (Fsp3) is 0.217. The molecule has 1 fully saturated rings. The molecule has 1 aromatic heterocycles. The smallest absolute Gasteiger partial charge is 0.311 e. The summed E-state index contributed by atoms with van der Waals surface area (Å²) in [4.78, 5) is 43.1. The molecule has 1 atom stereocenters. The van der Waals surface area contributed by atoms with Gasteiger partial charge in [0.1, 0.15) is 0 Å². The summed E-state index contributed by atoms with van der Waals surface area (Å²) >= 11 is 7.26. The number of ether oxygens (including phenoxy) is 1. The van der Waals surface area contributed by atoms with E-state index in [1.807, 2.05) is 36.6 Å². The number of carbonyl (C=O) groups is 3. The van der Waals surface area contributed by atoms with Crippen molar-refractivity contribution < 1.29 is 19.1 Å². The number of thiazole rings is 1. The van der Waals surface area contributed by atoms with Crippen molar-refractivity contribution in [2.24, 2.45) is 5.92 Å². The molecule has 31 heavy (non-hydrogen) atoms. The predicted molar refractivity (Wildman–Crippen MR) is 119 cm³/mol. The van der Waals surface area contributed by atoms with E-state index in [1.165, 1.54) is 16.2 Å². The Morgan fingerprint density at radius 1 is 1.16 bits per heavy atom. The van der Waals surface area contributed by atoms with Crippen LogP contribution in [0.3, 0.4) is 0 Å². The molecule has 3 aromatic rings. The Labute approximate surface area is 188 Å². The zero-order chi connectivity index (χ0) is 22.0. The van der Waals surface area contributed by atoms with E-state index in [2.05, 4.69) is 4.98 Å². The number of aryl methyl sites for hydroxylation is 1. The summed E-state index contributed by atoms with van der Waals surface area (Å²) in [6.07, 6.45) is 0.0351. The number of aromatic nitrogens is 1. The van der Waals surface area contributed by atoms with Crippen LogP contribution in [-0.2, 0) is 14.3 Å². The van der Waals surface area contributed by atoms with Gasteiger partial charge < -0.3 is 4.74 Å². The maximum Gasteiger partial charge on any atom is 0.311 e. The molecule has 0 unspecified atom stereocenters. The zero-order valence-electron chi connectivity index (χ0n) is 16.7. The lowest BCUT2D eigenvalue weighted by Crippen LogP contribution is -2.27. The molecule has 1 saturated heterocycles. The highest BCUT2D eigenvalue weighted by Crippen LogP contribution is 2.32. The third kappa shape index (κ3) is 4.84. The van der Waals surface area contributed by atoms with Gasteiger partial charge in [0.2, 0.25) is 5.91 Å². The average Bonchev–Trinajstić information content (AvgIpc) is 3.39. The monoisotopic (exact) mass is 454 g/mol. The molecule has 4 rings (SSSR count). The van der Waals surface area contributed by atoms with Gasteiger partial charge in [-0.05, 0) is 19.1 Å². The van der Waals surface area contributed by atoms with Crippen LogP contribution in [0.5, 0.6) is 0 Å². The van der Waals surface area contributed by atoms with Gasteiger partial charge >= 0.3 is 5.97 Å². The second-order valence-corrected chi connectivity index (χ2v) is 8.60. The fourth-order valence-electron chi connectivity index (χ4n) is 3.27. The number of hydrogen-bond acceptors (Lipinski definition) is 6. The summed E-state index contributed by atoms with van der Waals surface area (Å²) in [7, 11) is 0. The van der Waals surface area contributed by atoms with Gasteiger partial charge in [0.15, 0.2) is 17.5 Å². The van der Waals surface area contributed by atoms with Gasteiger partial charge in [-0.1, -0.05) is 53.6 Å². The quantitative estimate of drug-likeness (QED) is 0.403. The molecule has 1 amide bonds. The molecular formula is C23H19ClN2O4S. The first-order valence-electron chi connectivity index (χ1n) is 9.69. The van der Waals surface area contributed by atoms with Crippen LogP contribution >= 0.6 is 22.9 Å². The highest BCUT2D eigenvalue weighted by molar-refractivity contribution is 7.14. The van der Waals surface area contributed by atoms with E-state index < -0.39 is 11.9 Å². The van der Waals surface area contributed by atoms with Crippen molar-refractivity contribution in [1.29, 1.82) is 0 Å². The van der Waals surface area contributed by atoms with Crippen LogP contribution in [-0.4, -0.2) is 35.8 Å². The van der Waals surface area contributed by atoms with E-state index in [0.717, 1.165) is 16.8 Å². The van der Waals surface area contributed by atoms with Crippen molar-refractivity contribution in [2.75, 3.05) is 18.1 Å². The van der Waals surface area contributed by atoms with Crippen LogP contribution in [0.2, 0.25) is 5.02 Å². The predicted octanol–water partition coefficient (Wildman–Crippen LogP) is 4.55. The van der Waals surface area contributed by atoms with Crippen molar-refractivity contribution >= 4 is 45.7 Å². The summed E-state index contributed by atoms with van der Waals surface area (Å²) in [6, 6.07) is 14.3. The number of amides is 1.